The molecule has 0 saturated heterocycles. The van der Waals surface area contributed by atoms with Crippen LogP contribution in [-0.4, -0.2) is 12.5 Å². The van der Waals surface area contributed by atoms with E-state index >= 15 is 0 Å². The Kier molecular flexibility index (Phi) is 4.30. The maximum absolute atomic E-state index is 13.0. The van der Waals surface area contributed by atoms with Gasteiger partial charge in [0.15, 0.2) is 11.6 Å². The molecule has 2 aromatic rings. The average Bonchev–Trinajstić information content (AvgIpc) is 2.43. The van der Waals surface area contributed by atoms with E-state index in [0.29, 0.717) is 11.4 Å². The van der Waals surface area contributed by atoms with E-state index in [2.05, 4.69) is 10.6 Å². The van der Waals surface area contributed by atoms with Crippen LogP contribution in [0.1, 0.15) is 5.56 Å². The van der Waals surface area contributed by atoms with E-state index in [4.69, 9.17) is 0 Å². The van der Waals surface area contributed by atoms with Gasteiger partial charge in [-0.25, -0.2) is 8.78 Å². The smallest absolute Gasteiger partial charge is 0.243 e. The number of anilines is 2. The lowest BCUT2D eigenvalue weighted by molar-refractivity contribution is -0.114. The number of hydrogen-bond acceptors (Lipinski definition) is 2. The second kappa shape index (κ2) is 6.14. The summed E-state index contributed by atoms with van der Waals surface area (Å²) < 4.78 is 25.7. The number of carbonyl (C=O) groups excluding carboxylic acids is 1. The third kappa shape index (κ3) is 3.78. The molecule has 0 atom stereocenters. The van der Waals surface area contributed by atoms with Crippen LogP contribution in [0.2, 0.25) is 0 Å². The Morgan fingerprint density at radius 1 is 1.00 bits per heavy atom. The Bertz CT molecular complexity index is 612. The van der Waals surface area contributed by atoms with Crippen molar-refractivity contribution in [3.05, 3.63) is 59.7 Å². The molecule has 104 valence electrons. The maximum Gasteiger partial charge on any atom is 0.243 e. The van der Waals surface area contributed by atoms with Crippen LogP contribution in [0.5, 0.6) is 0 Å². The zero-order valence-corrected chi connectivity index (χ0v) is 10.9. The van der Waals surface area contributed by atoms with Gasteiger partial charge in [-0.3, -0.25) is 4.79 Å². The predicted molar refractivity (Wildman–Crippen MR) is 74.7 cm³/mol. The Morgan fingerprint density at radius 3 is 2.30 bits per heavy atom. The SMILES string of the molecule is Cc1ccc(NC(=O)CNc2ccc(F)c(F)c2)cc1. The molecule has 0 unspecified atom stereocenters. The molecule has 0 aromatic heterocycles. The third-order valence-corrected chi connectivity index (χ3v) is 2.71. The van der Waals surface area contributed by atoms with Gasteiger partial charge in [-0.05, 0) is 31.2 Å². The molecule has 2 N–H and O–H groups in total. The minimum absolute atomic E-state index is 0.0288. The summed E-state index contributed by atoms with van der Waals surface area (Å²) in [6.45, 7) is 1.93. The van der Waals surface area contributed by atoms with Gasteiger partial charge in [0.05, 0.1) is 6.54 Å². The summed E-state index contributed by atoms with van der Waals surface area (Å²) in [5.74, 6) is -2.13. The first-order valence-corrected chi connectivity index (χ1v) is 6.10. The first-order valence-electron chi connectivity index (χ1n) is 6.10. The maximum atomic E-state index is 13.0. The van der Waals surface area contributed by atoms with Gasteiger partial charge >= 0.3 is 0 Å². The fourth-order valence-electron chi connectivity index (χ4n) is 1.63. The lowest BCUT2D eigenvalue weighted by atomic mass is 10.2. The van der Waals surface area contributed by atoms with E-state index in [1.165, 1.54) is 6.07 Å². The molecule has 0 aliphatic rings. The summed E-state index contributed by atoms with van der Waals surface area (Å²) in [5, 5.41) is 5.42. The highest BCUT2D eigenvalue weighted by atomic mass is 19.2. The quantitative estimate of drug-likeness (QED) is 0.899. The van der Waals surface area contributed by atoms with Crippen molar-refractivity contribution in [1.82, 2.24) is 0 Å². The lowest BCUT2D eigenvalue weighted by Crippen LogP contribution is -2.21. The number of benzene rings is 2. The van der Waals surface area contributed by atoms with Crippen molar-refractivity contribution >= 4 is 17.3 Å². The van der Waals surface area contributed by atoms with Gasteiger partial charge in [-0.15, -0.1) is 0 Å². The van der Waals surface area contributed by atoms with Crippen molar-refractivity contribution in [3.8, 4) is 0 Å². The standard InChI is InChI=1S/C15H14F2N2O/c1-10-2-4-11(5-3-10)19-15(20)9-18-12-6-7-13(16)14(17)8-12/h2-8,18H,9H2,1H3,(H,19,20). The first kappa shape index (κ1) is 14.0. The molecule has 0 aliphatic carbocycles. The normalized spacial score (nSPS) is 10.2. The van der Waals surface area contributed by atoms with Crippen molar-refractivity contribution in [1.29, 1.82) is 0 Å². The summed E-state index contributed by atoms with van der Waals surface area (Å²) in [4.78, 5) is 11.7. The fourth-order valence-corrected chi connectivity index (χ4v) is 1.63. The molecule has 0 saturated carbocycles. The highest BCUT2D eigenvalue weighted by Gasteiger charge is 2.05. The molecule has 0 aliphatic heterocycles. The van der Waals surface area contributed by atoms with Crippen molar-refractivity contribution in [3.63, 3.8) is 0 Å². The molecule has 0 heterocycles. The predicted octanol–water partition coefficient (Wildman–Crippen LogP) is 3.32. The molecule has 2 aromatic carbocycles. The summed E-state index contributed by atoms with van der Waals surface area (Å²) in [6.07, 6.45) is 0. The monoisotopic (exact) mass is 276 g/mol. The Morgan fingerprint density at radius 2 is 1.65 bits per heavy atom. The van der Waals surface area contributed by atoms with E-state index in [9.17, 15) is 13.6 Å². The summed E-state index contributed by atoms with van der Waals surface area (Å²) in [7, 11) is 0. The average molecular weight is 276 g/mol. The van der Waals surface area contributed by atoms with Crippen LogP contribution in [0.15, 0.2) is 42.5 Å². The molecule has 0 spiro atoms. The minimum atomic E-state index is -0.950. The van der Waals surface area contributed by atoms with Crippen LogP contribution in [0.4, 0.5) is 20.2 Å². The largest absolute Gasteiger partial charge is 0.376 e. The van der Waals surface area contributed by atoms with Crippen LogP contribution in [0.25, 0.3) is 0 Å². The number of amides is 1. The van der Waals surface area contributed by atoms with E-state index in [1.54, 1.807) is 12.1 Å². The number of halogens is 2. The number of hydrogen-bond donors (Lipinski definition) is 2. The van der Waals surface area contributed by atoms with E-state index < -0.39 is 11.6 Å². The van der Waals surface area contributed by atoms with Crippen LogP contribution in [0, 0.1) is 18.6 Å². The zero-order chi connectivity index (χ0) is 14.5. The van der Waals surface area contributed by atoms with Crippen LogP contribution in [0.3, 0.4) is 0 Å². The molecule has 5 heteroatoms. The molecule has 1 amide bonds. The number of aryl methyl sites for hydroxylation is 1. The van der Waals surface area contributed by atoms with Gasteiger partial charge in [0.1, 0.15) is 0 Å². The summed E-state index contributed by atoms with van der Waals surface area (Å²) in [6, 6.07) is 10.8. The van der Waals surface area contributed by atoms with Crippen molar-refractivity contribution in [2.75, 3.05) is 17.2 Å². The van der Waals surface area contributed by atoms with Gasteiger partial charge in [-0.2, -0.15) is 0 Å². The molecule has 0 radical (unpaired) electrons. The van der Waals surface area contributed by atoms with Crippen LogP contribution in [-0.2, 0) is 4.79 Å². The lowest BCUT2D eigenvalue weighted by Gasteiger charge is -2.08. The highest BCUT2D eigenvalue weighted by Crippen LogP contribution is 2.13. The Hall–Kier alpha value is -2.43. The first-order chi connectivity index (χ1) is 9.54. The van der Waals surface area contributed by atoms with E-state index in [0.717, 1.165) is 17.7 Å². The second-order valence-corrected chi connectivity index (χ2v) is 4.40. The molecular weight excluding hydrogens is 262 g/mol. The molecule has 0 bridgehead atoms. The Balaban J connectivity index is 1.88. The molecule has 0 fully saturated rings. The minimum Gasteiger partial charge on any atom is -0.376 e. The summed E-state index contributed by atoms with van der Waals surface area (Å²) >= 11 is 0. The van der Waals surface area contributed by atoms with Gasteiger partial charge in [0.25, 0.3) is 0 Å². The van der Waals surface area contributed by atoms with Crippen LogP contribution >= 0.6 is 0 Å². The topological polar surface area (TPSA) is 41.1 Å². The second-order valence-electron chi connectivity index (χ2n) is 4.40. The van der Waals surface area contributed by atoms with Gasteiger partial charge in [-0.1, -0.05) is 17.7 Å². The summed E-state index contributed by atoms with van der Waals surface area (Å²) in [5.41, 5.74) is 2.14. The van der Waals surface area contributed by atoms with E-state index in [-0.39, 0.29) is 12.5 Å². The number of rotatable bonds is 4. The zero-order valence-electron chi connectivity index (χ0n) is 10.9. The molecular formula is C15H14F2N2O. The van der Waals surface area contributed by atoms with Crippen molar-refractivity contribution in [2.24, 2.45) is 0 Å². The van der Waals surface area contributed by atoms with Gasteiger partial charge in [0.2, 0.25) is 5.91 Å². The number of carbonyl (C=O) groups is 1. The molecule has 2 rings (SSSR count). The van der Waals surface area contributed by atoms with Crippen LogP contribution < -0.4 is 10.6 Å². The number of nitrogens with one attached hydrogen (secondary N) is 2. The Labute approximate surface area is 115 Å². The fraction of sp³-hybridized carbons (Fsp3) is 0.133. The third-order valence-electron chi connectivity index (χ3n) is 2.71. The molecule has 3 nitrogen and oxygen atoms in total. The van der Waals surface area contributed by atoms with Gasteiger partial charge in [0, 0.05) is 17.4 Å². The van der Waals surface area contributed by atoms with Crippen molar-refractivity contribution < 1.29 is 13.6 Å². The van der Waals surface area contributed by atoms with E-state index in [1.807, 2.05) is 19.1 Å². The van der Waals surface area contributed by atoms with Crippen molar-refractivity contribution in [2.45, 2.75) is 6.92 Å². The molecule has 20 heavy (non-hydrogen) atoms. The van der Waals surface area contributed by atoms with Gasteiger partial charge < -0.3 is 10.6 Å². The highest BCUT2D eigenvalue weighted by molar-refractivity contribution is 5.93.